The van der Waals surface area contributed by atoms with Gasteiger partial charge in [-0.1, -0.05) is 18.5 Å². The van der Waals surface area contributed by atoms with Crippen molar-refractivity contribution in [3.05, 3.63) is 10.4 Å². The Hall–Kier alpha value is -1.26. The maximum atomic E-state index is 11.2. The van der Waals surface area contributed by atoms with Gasteiger partial charge < -0.3 is 9.47 Å². The summed E-state index contributed by atoms with van der Waals surface area (Å²) in [7, 11) is 0. The summed E-state index contributed by atoms with van der Waals surface area (Å²) in [4.78, 5) is 13.8. The van der Waals surface area contributed by atoms with Gasteiger partial charge >= 0.3 is 5.97 Å². The summed E-state index contributed by atoms with van der Waals surface area (Å²) in [6.07, 6.45) is 3.91. The Morgan fingerprint density at radius 1 is 1.24 bits per heavy atom. The number of hydrogen-bond acceptors (Lipinski definition) is 4. The fraction of sp³-hybridized carbons (Fsp3) is 0.909. The van der Waals surface area contributed by atoms with Crippen LogP contribution >= 0.6 is 0 Å². The van der Waals surface area contributed by atoms with E-state index in [-0.39, 0.29) is 5.97 Å². The van der Waals surface area contributed by atoms with Crippen LogP contribution in [-0.4, -0.2) is 32.3 Å². The molecule has 6 heteroatoms. The van der Waals surface area contributed by atoms with Gasteiger partial charge in [0.25, 0.3) is 0 Å². The van der Waals surface area contributed by atoms with E-state index in [4.69, 9.17) is 15.0 Å². The second-order valence-corrected chi connectivity index (χ2v) is 3.60. The Balaban J connectivity index is 3.20. The molecular formula is C11H21N3O3. The summed E-state index contributed by atoms with van der Waals surface area (Å²) in [5.74, 6) is -0.218. The van der Waals surface area contributed by atoms with Crippen LogP contribution in [0.4, 0.5) is 0 Å². The number of carbonyl (C=O) groups excluding carboxylic acids is 1. The molecule has 0 radical (unpaired) electrons. The van der Waals surface area contributed by atoms with E-state index < -0.39 is 0 Å². The zero-order valence-electron chi connectivity index (χ0n) is 10.4. The fourth-order valence-corrected chi connectivity index (χ4v) is 1.13. The molecule has 0 atom stereocenters. The van der Waals surface area contributed by atoms with Crippen molar-refractivity contribution in [2.75, 3.05) is 26.4 Å². The molecule has 0 bridgehead atoms. The molecule has 6 nitrogen and oxygen atoms in total. The summed E-state index contributed by atoms with van der Waals surface area (Å²) < 4.78 is 10.2. The summed E-state index contributed by atoms with van der Waals surface area (Å²) in [6, 6.07) is 0. The Morgan fingerprint density at radius 2 is 2.06 bits per heavy atom. The van der Waals surface area contributed by atoms with Gasteiger partial charge in [0.05, 0.1) is 6.61 Å². The Morgan fingerprint density at radius 3 is 2.76 bits per heavy atom. The third-order valence-corrected chi connectivity index (χ3v) is 2.09. The molecule has 0 aliphatic heterocycles. The van der Waals surface area contributed by atoms with Crippen LogP contribution in [0.2, 0.25) is 0 Å². The molecule has 0 heterocycles. The molecule has 0 spiro atoms. The first kappa shape index (κ1) is 15.7. The normalized spacial score (nSPS) is 9.71. The maximum Gasteiger partial charge on any atom is 0.305 e. The average molecular weight is 243 g/mol. The van der Waals surface area contributed by atoms with Gasteiger partial charge in [-0.15, -0.1) is 0 Å². The zero-order valence-corrected chi connectivity index (χ0v) is 10.4. The van der Waals surface area contributed by atoms with Crippen molar-refractivity contribution in [2.24, 2.45) is 5.11 Å². The number of nitrogens with zero attached hydrogens (tertiary/aromatic N) is 3. The molecule has 0 rings (SSSR count). The van der Waals surface area contributed by atoms with Crippen molar-refractivity contribution in [2.45, 2.75) is 39.0 Å². The van der Waals surface area contributed by atoms with E-state index in [1.807, 2.05) is 0 Å². The molecule has 98 valence electrons. The van der Waals surface area contributed by atoms with Crippen LogP contribution in [0.5, 0.6) is 0 Å². The SMILES string of the molecule is CCCCOCCOC(=O)CCCCN=[N+]=[N-]. The van der Waals surface area contributed by atoms with Crippen molar-refractivity contribution in [1.82, 2.24) is 0 Å². The Bertz CT molecular complexity index is 240. The summed E-state index contributed by atoms with van der Waals surface area (Å²) in [5, 5.41) is 3.38. The Labute approximate surface area is 102 Å². The molecule has 0 aromatic carbocycles. The first-order valence-electron chi connectivity index (χ1n) is 6.05. The third-order valence-electron chi connectivity index (χ3n) is 2.09. The maximum absolute atomic E-state index is 11.2. The molecule has 17 heavy (non-hydrogen) atoms. The topological polar surface area (TPSA) is 84.3 Å². The lowest BCUT2D eigenvalue weighted by Crippen LogP contribution is -2.10. The van der Waals surface area contributed by atoms with E-state index in [1.54, 1.807) is 0 Å². The van der Waals surface area contributed by atoms with Crippen molar-refractivity contribution in [1.29, 1.82) is 0 Å². The molecule has 0 aromatic heterocycles. The average Bonchev–Trinajstić information content (AvgIpc) is 2.33. The van der Waals surface area contributed by atoms with Crippen LogP contribution in [0.3, 0.4) is 0 Å². The molecule has 0 saturated carbocycles. The van der Waals surface area contributed by atoms with Crippen molar-refractivity contribution < 1.29 is 14.3 Å². The molecule has 0 aliphatic rings. The van der Waals surface area contributed by atoms with E-state index in [2.05, 4.69) is 16.9 Å². The van der Waals surface area contributed by atoms with Crippen LogP contribution in [-0.2, 0) is 14.3 Å². The molecular weight excluding hydrogens is 222 g/mol. The van der Waals surface area contributed by atoms with Crippen molar-refractivity contribution in [3.63, 3.8) is 0 Å². The number of unbranched alkanes of at least 4 members (excludes halogenated alkanes) is 2. The first-order valence-corrected chi connectivity index (χ1v) is 6.05. The summed E-state index contributed by atoms with van der Waals surface area (Å²) in [5.41, 5.74) is 8.03. The number of esters is 1. The second-order valence-electron chi connectivity index (χ2n) is 3.60. The minimum absolute atomic E-state index is 0.218. The second kappa shape index (κ2) is 12.8. The van der Waals surface area contributed by atoms with E-state index in [0.29, 0.717) is 39.0 Å². The highest BCUT2D eigenvalue weighted by atomic mass is 16.6. The van der Waals surface area contributed by atoms with Gasteiger partial charge in [-0.25, -0.2) is 0 Å². The van der Waals surface area contributed by atoms with Gasteiger partial charge in [0.2, 0.25) is 0 Å². The minimum Gasteiger partial charge on any atom is -0.463 e. The molecule has 0 unspecified atom stereocenters. The highest BCUT2D eigenvalue weighted by molar-refractivity contribution is 5.69. The van der Waals surface area contributed by atoms with Crippen LogP contribution in [0, 0.1) is 0 Å². The summed E-state index contributed by atoms with van der Waals surface area (Å²) in [6.45, 7) is 4.03. The van der Waals surface area contributed by atoms with Crippen molar-refractivity contribution in [3.8, 4) is 0 Å². The van der Waals surface area contributed by atoms with Gasteiger partial charge in [0, 0.05) is 24.5 Å². The van der Waals surface area contributed by atoms with Gasteiger partial charge in [-0.05, 0) is 24.8 Å². The number of azide groups is 1. The molecule has 0 N–H and O–H groups in total. The smallest absolute Gasteiger partial charge is 0.305 e. The molecule has 0 amide bonds. The van der Waals surface area contributed by atoms with Gasteiger partial charge in [0.1, 0.15) is 6.61 Å². The van der Waals surface area contributed by atoms with Crippen LogP contribution in [0.25, 0.3) is 10.4 Å². The zero-order chi connectivity index (χ0) is 12.8. The van der Waals surface area contributed by atoms with Gasteiger partial charge in [-0.3, -0.25) is 4.79 Å². The number of hydrogen-bond donors (Lipinski definition) is 0. The van der Waals surface area contributed by atoms with Crippen LogP contribution in [0.15, 0.2) is 5.11 Å². The highest BCUT2D eigenvalue weighted by Crippen LogP contribution is 1.98. The van der Waals surface area contributed by atoms with E-state index >= 15 is 0 Å². The predicted molar refractivity (Wildman–Crippen MR) is 64.6 cm³/mol. The first-order chi connectivity index (χ1) is 8.31. The van der Waals surface area contributed by atoms with E-state index in [0.717, 1.165) is 19.4 Å². The molecule has 0 aliphatic carbocycles. The summed E-state index contributed by atoms with van der Waals surface area (Å²) >= 11 is 0. The lowest BCUT2D eigenvalue weighted by molar-refractivity contribution is -0.145. The van der Waals surface area contributed by atoms with Crippen LogP contribution < -0.4 is 0 Å². The minimum atomic E-state index is -0.218. The molecule has 0 saturated heterocycles. The largest absolute Gasteiger partial charge is 0.463 e. The molecule has 0 aromatic rings. The fourth-order valence-electron chi connectivity index (χ4n) is 1.13. The standard InChI is InChI=1S/C11H21N3O3/c1-2-3-8-16-9-10-17-11(15)6-4-5-7-13-14-12/h2-10H2,1H3. The number of ether oxygens (including phenoxy) is 2. The Kier molecular flexibility index (Phi) is 11.9. The quantitative estimate of drug-likeness (QED) is 0.184. The lowest BCUT2D eigenvalue weighted by atomic mass is 10.2. The van der Waals surface area contributed by atoms with Crippen molar-refractivity contribution >= 4 is 5.97 Å². The molecule has 0 fully saturated rings. The van der Waals surface area contributed by atoms with E-state index in [1.165, 1.54) is 0 Å². The van der Waals surface area contributed by atoms with Gasteiger partial charge in [0.15, 0.2) is 0 Å². The third kappa shape index (κ3) is 12.7. The lowest BCUT2D eigenvalue weighted by Gasteiger charge is -2.05. The predicted octanol–water partition coefficient (Wildman–Crippen LogP) is 2.83. The van der Waals surface area contributed by atoms with Crippen LogP contribution in [0.1, 0.15) is 39.0 Å². The number of carbonyl (C=O) groups is 1. The monoisotopic (exact) mass is 243 g/mol. The highest BCUT2D eigenvalue weighted by Gasteiger charge is 2.01. The van der Waals surface area contributed by atoms with Gasteiger partial charge in [-0.2, -0.15) is 0 Å². The van der Waals surface area contributed by atoms with E-state index in [9.17, 15) is 4.79 Å². The number of rotatable bonds is 11.